The maximum Gasteiger partial charge on any atom is 0.278 e. The van der Waals surface area contributed by atoms with Crippen molar-refractivity contribution in [3.8, 4) is 0 Å². The molecule has 0 aliphatic carbocycles. The molecule has 686 valence electrons. The lowest BCUT2D eigenvalue weighted by Crippen LogP contribution is -2.67. The van der Waals surface area contributed by atoms with Crippen LogP contribution in [0.25, 0.3) is 21.8 Å². The van der Waals surface area contributed by atoms with Crippen molar-refractivity contribution in [2.24, 2.45) is 55.2 Å². The summed E-state index contributed by atoms with van der Waals surface area (Å²) in [6.07, 6.45) is 37.3. The number of aliphatic hydroxyl groups is 1. The van der Waals surface area contributed by atoms with Crippen LogP contribution in [0.15, 0.2) is 48.5 Å². The van der Waals surface area contributed by atoms with Gasteiger partial charge in [0.15, 0.2) is 12.1 Å². The van der Waals surface area contributed by atoms with E-state index in [0.717, 1.165) is 162 Å². The number of hydrogen-bond acceptors (Lipinski definition) is 5. The average Bonchev–Trinajstić information content (AvgIpc) is 0.770. The molecule has 3 rings (SSSR count). The molecular formula is C100H214N11O4+7. The van der Waals surface area contributed by atoms with Crippen molar-refractivity contribution < 1.29 is 59.6 Å². The molecule has 1 aromatic heterocycles. The van der Waals surface area contributed by atoms with Crippen molar-refractivity contribution in [1.82, 2.24) is 20.9 Å². The summed E-state index contributed by atoms with van der Waals surface area (Å²) in [4.78, 5) is 40.9. The summed E-state index contributed by atoms with van der Waals surface area (Å²) in [6.45, 7) is 77.4. The first kappa shape index (κ1) is 127. The Labute approximate surface area is 717 Å². The van der Waals surface area contributed by atoms with Crippen molar-refractivity contribution >= 4 is 39.5 Å². The lowest BCUT2D eigenvalue weighted by atomic mass is 9.89. The van der Waals surface area contributed by atoms with E-state index in [9.17, 15) is 14.4 Å². The molecule has 3 amide bonds. The van der Waals surface area contributed by atoms with Crippen LogP contribution in [0.1, 0.15) is 431 Å². The number of quaternary nitrogens is 7. The van der Waals surface area contributed by atoms with Gasteiger partial charge in [-0.15, -0.1) is 0 Å². The number of fused-ring (bicyclic) bond motifs is 2. The van der Waals surface area contributed by atoms with E-state index in [2.05, 4.69) is 276 Å². The topological polar surface area (TPSA) is 314 Å². The smallest absolute Gasteiger partial charge is 0.278 e. The minimum Gasteiger partial charge on any atom is -0.396 e. The largest absolute Gasteiger partial charge is 0.396 e. The molecule has 0 radical (unpaired) electrons. The first-order chi connectivity index (χ1) is 52.5. The molecule has 2 atom stereocenters. The van der Waals surface area contributed by atoms with Crippen LogP contribution < -0.4 is 56.1 Å². The van der Waals surface area contributed by atoms with Gasteiger partial charge in [-0.05, 0) is 183 Å². The number of nitrogens with zero attached hydrogens (tertiary/aromatic N) is 1. The Morgan fingerprint density at radius 2 is 0.617 bits per heavy atom. The number of rotatable bonds is 38. The molecule has 25 N–H and O–H groups in total. The molecule has 2 aromatic carbocycles. The van der Waals surface area contributed by atoms with Crippen molar-refractivity contribution in [1.29, 1.82) is 0 Å². The lowest BCUT2D eigenvalue weighted by molar-refractivity contribution is -0.406. The standard InChI is InChI=1S/C22H26N2O.C14H31N3O.C12H27N3O.C10H23N.C9H20.C8H19N.C8H18O.C6H15N.2C5H12.CH4/c1-22(2,3)14-8-9-15-23-21(25)20-16-10-4-6-12-18(16)24-19-13-7-5-11-17(19)20;1-14(2,3)9-5-7-11-17-13(18)12(16)8-4-6-10-15;1-12(2,3)7-9-15-11(16)10(14)6-4-5-8-13;1-10(2,3)8-6-4-5-7-9-11;1-5-6-7-8-9(2,3)4;2*1-8(2,3)6-4-5-7-9;1-6(2,3)4-5-7;2*1-4-5(2)3;/h4-7,10-13H,8-9,14-15H2,1-3H3,(H,23,25);12H,4-11,15-16H2,1-3H3,(H,17,18);10H,4-9,13-14H2,1-3H3,(H,15,16);4-9,11H2,1-3H3;5-8H2,1-4H3;4-7,9H2,1-3H3;9H,4-7H2,1-3H3;4-5,7H2,1-3H3;2*5H,4H2,1-3H3;1H4/p+7/t;12-;10-;;;;;;;;/m.11......../s1. The number of unbranched alkanes of at least 4 members (excludes halogenated alkanes) is 11. The molecule has 0 fully saturated rings. The molecule has 0 unspecified atom stereocenters. The van der Waals surface area contributed by atoms with Crippen LogP contribution >= 0.6 is 0 Å². The van der Waals surface area contributed by atoms with Gasteiger partial charge in [-0.3, -0.25) is 14.4 Å². The Balaban J connectivity index is -0.000000192. The number of para-hydroxylation sites is 2. The summed E-state index contributed by atoms with van der Waals surface area (Å²) in [5.41, 5.74) is 32.8. The third-order valence-corrected chi connectivity index (χ3v) is 18.9. The quantitative estimate of drug-likeness (QED) is 0.0196. The molecular weight excluding hydrogens is 1420 g/mol. The van der Waals surface area contributed by atoms with Gasteiger partial charge in [0, 0.05) is 56.3 Å². The number of pyridine rings is 1. The second-order valence-corrected chi connectivity index (χ2v) is 42.8. The van der Waals surface area contributed by atoms with Crippen LogP contribution in [-0.2, 0) is 9.59 Å². The Hall–Kier alpha value is -3.80. The van der Waals surface area contributed by atoms with Crippen molar-refractivity contribution in [3.05, 3.63) is 54.1 Å². The minimum atomic E-state index is -0.105. The number of benzene rings is 2. The minimum absolute atomic E-state index is 0. The van der Waals surface area contributed by atoms with Gasteiger partial charge in [0.2, 0.25) is 0 Å². The van der Waals surface area contributed by atoms with Crippen LogP contribution in [-0.4, -0.2) is 98.9 Å². The highest BCUT2D eigenvalue weighted by molar-refractivity contribution is 6.16. The zero-order valence-corrected chi connectivity index (χ0v) is 82.8. The fourth-order valence-corrected chi connectivity index (χ4v) is 10.6. The molecule has 0 spiro atoms. The molecule has 115 heavy (non-hydrogen) atoms. The van der Waals surface area contributed by atoms with E-state index in [-0.39, 0.29) is 42.6 Å². The monoisotopic (exact) mass is 1630 g/mol. The van der Waals surface area contributed by atoms with Crippen LogP contribution in [0.3, 0.4) is 0 Å². The van der Waals surface area contributed by atoms with Crippen LogP contribution in [0.2, 0.25) is 0 Å². The van der Waals surface area contributed by atoms with Crippen molar-refractivity contribution in [2.45, 2.75) is 433 Å². The molecule has 0 aliphatic rings. The van der Waals surface area contributed by atoms with E-state index in [1.54, 1.807) is 0 Å². The summed E-state index contributed by atoms with van der Waals surface area (Å²) >= 11 is 0. The zero-order valence-electron chi connectivity index (χ0n) is 82.8. The van der Waals surface area contributed by atoms with Crippen molar-refractivity contribution in [2.75, 3.05) is 59.0 Å². The molecule has 0 bridgehead atoms. The number of carbonyl (C=O) groups is 3. The van der Waals surface area contributed by atoms with E-state index < -0.39 is 0 Å². The average molecular weight is 1630 g/mol. The Morgan fingerprint density at radius 3 is 0.913 bits per heavy atom. The highest BCUT2D eigenvalue weighted by Crippen LogP contribution is 2.29. The number of amides is 3. The zero-order chi connectivity index (χ0) is 89.7. The van der Waals surface area contributed by atoms with E-state index in [4.69, 9.17) is 5.11 Å². The summed E-state index contributed by atoms with van der Waals surface area (Å²) in [7, 11) is 0. The summed E-state index contributed by atoms with van der Waals surface area (Å²) in [5, 5.41) is 19.3. The van der Waals surface area contributed by atoms with E-state index in [1.165, 1.54) is 122 Å². The molecule has 0 aliphatic heterocycles. The predicted octanol–water partition coefficient (Wildman–Crippen LogP) is 20.1. The summed E-state index contributed by atoms with van der Waals surface area (Å²) in [6, 6.07) is 15.5. The van der Waals surface area contributed by atoms with Crippen LogP contribution in [0, 0.1) is 55.2 Å². The highest BCUT2D eigenvalue weighted by Gasteiger charge is 2.21. The van der Waals surface area contributed by atoms with Gasteiger partial charge in [-0.2, -0.15) is 0 Å². The third kappa shape index (κ3) is 104. The molecule has 0 saturated heterocycles. The van der Waals surface area contributed by atoms with Gasteiger partial charge in [-0.1, -0.05) is 323 Å². The van der Waals surface area contributed by atoms with Gasteiger partial charge in [-0.25, -0.2) is 4.98 Å². The fraction of sp³-hybridized carbons (Fsp3) is 0.840. The van der Waals surface area contributed by atoms with Crippen molar-refractivity contribution in [3.63, 3.8) is 0 Å². The first-order valence-electron chi connectivity index (χ1n) is 46.4. The second-order valence-electron chi connectivity index (χ2n) is 42.8. The first-order valence-corrected chi connectivity index (χ1v) is 46.4. The van der Waals surface area contributed by atoms with Crippen LogP contribution in [0.5, 0.6) is 0 Å². The number of aromatic nitrogens is 1. The summed E-state index contributed by atoms with van der Waals surface area (Å²) in [5.74, 6) is 1.96. The van der Waals surface area contributed by atoms with Gasteiger partial charge < -0.3 is 61.2 Å². The van der Waals surface area contributed by atoms with Gasteiger partial charge in [0.25, 0.3) is 17.7 Å². The SMILES string of the molecule is C.CC(C)(C)CCCCCC[NH3+].CC(C)(C)CCCCNC(=O)[C@H]([NH3+])CCCC[NH3+].CC(C)(C)CCCCNC(=O)c1c2ccccc2nc2ccccc12.CC(C)(C)CCCCO.CC(C)(C)CCCC[NH3+].CC(C)(C)CCNC(=O)[C@H]([NH3+])CCCC[NH3+].CC(C)(C)CC[NH3+].CCC(C)C.CCC(C)C.CCCCCC(C)(C)C. The van der Waals surface area contributed by atoms with Crippen LogP contribution in [0.4, 0.5) is 0 Å². The Bertz CT molecular complexity index is 2510. The van der Waals surface area contributed by atoms with E-state index >= 15 is 0 Å². The molecule has 3 aromatic rings. The number of hydrogen-bond donors (Lipinski definition) is 11. The van der Waals surface area contributed by atoms with Gasteiger partial charge in [0.1, 0.15) is 0 Å². The van der Waals surface area contributed by atoms with Gasteiger partial charge >= 0.3 is 0 Å². The Morgan fingerprint density at radius 1 is 0.348 bits per heavy atom. The predicted molar refractivity (Wildman–Crippen MR) is 509 cm³/mol. The number of nitrogens with one attached hydrogen (secondary N) is 3. The number of aliphatic hydroxyl groups excluding tert-OH is 1. The molecule has 15 nitrogen and oxygen atoms in total. The molecule has 0 saturated carbocycles. The van der Waals surface area contributed by atoms with E-state index in [0.29, 0.717) is 51.1 Å². The van der Waals surface area contributed by atoms with Gasteiger partial charge in [0.05, 0.1) is 49.3 Å². The second kappa shape index (κ2) is 75.2. The molecule has 1 heterocycles. The number of carbonyl (C=O) groups excluding carboxylic acids is 3. The molecule has 15 heteroatoms. The maximum atomic E-state index is 12.9. The maximum absolute atomic E-state index is 12.9. The third-order valence-electron chi connectivity index (χ3n) is 18.9. The summed E-state index contributed by atoms with van der Waals surface area (Å²) < 4.78 is 0. The normalized spacial score (nSPS) is 12.1. The highest BCUT2D eigenvalue weighted by atomic mass is 16.3. The fourth-order valence-electron chi connectivity index (χ4n) is 10.6. The Kier molecular flexibility index (Phi) is 82.9. The van der Waals surface area contributed by atoms with E-state index in [1.807, 2.05) is 48.5 Å². The lowest BCUT2D eigenvalue weighted by Gasteiger charge is -2.18.